The van der Waals surface area contributed by atoms with Gasteiger partial charge in [-0.2, -0.15) is 0 Å². The van der Waals surface area contributed by atoms with Crippen molar-refractivity contribution in [2.75, 3.05) is 12.0 Å². The number of aliphatic hydroxyl groups is 1. The fourth-order valence-corrected chi connectivity index (χ4v) is 3.86. The molecule has 4 rings (SSSR count). The number of aliphatic hydroxyl groups excluding tert-OH is 1. The number of carbonyl (C=O) groups is 2. The summed E-state index contributed by atoms with van der Waals surface area (Å²) in [5, 5.41) is 11.2. The Hall–Kier alpha value is -3.93. The number of carbonyl (C=O) groups excluding carboxylic acids is 2. The van der Waals surface area contributed by atoms with Crippen LogP contribution in [0.15, 0.2) is 72.4 Å². The molecule has 31 heavy (non-hydrogen) atoms. The minimum absolute atomic E-state index is 0.0193. The molecule has 0 saturated carbocycles. The molecule has 2 aromatic carbocycles. The fourth-order valence-electron chi connectivity index (χ4n) is 3.86. The summed E-state index contributed by atoms with van der Waals surface area (Å²) in [7, 11) is 1.48. The molecule has 1 saturated heterocycles. The van der Waals surface area contributed by atoms with E-state index < -0.39 is 17.7 Å². The van der Waals surface area contributed by atoms with E-state index in [0.717, 1.165) is 11.1 Å². The molecule has 1 atom stereocenters. The zero-order chi connectivity index (χ0) is 22.1. The molecular formula is C25H22N2O4. The molecule has 1 aromatic heterocycles. The Morgan fingerprint density at radius 2 is 1.77 bits per heavy atom. The van der Waals surface area contributed by atoms with E-state index in [1.807, 2.05) is 32.0 Å². The minimum Gasteiger partial charge on any atom is -0.507 e. The quantitative estimate of drug-likeness (QED) is 0.390. The predicted molar refractivity (Wildman–Crippen MR) is 118 cm³/mol. The van der Waals surface area contributed by atoms with Gasteiger partial charge in [-0.25, -0.2) is 0 Å². The molecule has 1 amide bonds. The molecule has 0 aliphatic carbocycles. The number of anilines is 1. The number of Topliss-reactive ketones (excluding diaryl/α,β-unsaturated/α-hetero) is 1. The molecule has 3 aromatic rings. The summed E-state index contributed by atoms with van der Waals surface area (Å²) < 4.78 is 5.36. The maximum atomic E-state index is 13.2. The lowest BCUT2D eigenvalue weighted by atomic mass is 9.97. The average molecular weight is 414 g/mol. The Labute approximate surface area is 180 Å². The summed E-state index contributed by atoms with van der Waals surface area (Å²) in [6.07, 6.45) is 1.60. The van der Waals surface area contributed by atoms with E-state index in [-0.39, 0.29) is 11.3 Å². The van der Waals surface area contributed by atoms with Crippen molar-refractivity contribution in [2.45, 2.75) is 19.9 Å². The highest BCUT2D eigenvalue weighted by Crippen LogP contribution is 2.43. The van der Waals surface area contributed by atoms with Gasteiger partial charge in [0.05, 0.1) is 23.9 Å². The SMILES string of the molecule is COc1ccccc1/C(O)=C1\C(=O)C(=O)N(c2cc(C)ccc2C)C1c1ccccn1. The molecule has 0 radical (unpaired) electrons. The average Bonchev–Trinajstić information content (AvgIpc) is 3.06. The van der Waals surface area contributed by atoms with Crippen LogP contribution in [0.25, 0.3) is 5.76 Å². The number of ketones is 1. The molecule has 6 heteroatoms. The Morgan fingerprint density at radius 3 is 2.48 bits per heavy atom. The number of methoxy groups -OCH3 is 1. The maximum Gasteiger partial charge on any atom is 0.300 e. The molecule has 2 heterocycles. The molecule has 1 fully saturated rings. The molecular weight excluding hydrogens is 392 g/mol. The van der Waals surface area contributed by atoms with Crippen molar-refractivity contribution in [1.29, 1.82) is 0 Å². The van der Waals surface area contributed by atoms with Crippen molar-refractivity contribution >= 4 is 23.1 Å². The molecule has 1 aliphatic heterocycles. The lowest BCUT2D eigenvalue weighted by Gasteiger charge is -2.26. The third-order valence-corrected chi connectivity index (χ3v) is 5.40. The highest BCUT2D eigenvalue weighted by atomic mass is 16.5. The van der Waals surface area contributed by atoms with Crippen LogP contribution in [0.4, 0.5) is 5.69 Å². The van der Waals surface area contributed by atoms with Gasteiger partial charge in [-0.05, 0) is 55.3 Å². The van der Waals surface area contributed by atoms with Gasteiger partial charge in [0, 0.05) is 11.9 Å². The van der Waals surface area contributed by atoms with E-state index in [9.17, 15) is 14.7 Å². The monoisotopic (exact) mass is 414 g/mol. The first-order chi connectivity index (χ1) is 14.9. The van der Waals surface area contributed by atoms with Gasteiger partial charge in [-0.15, -0.1) is 0 Å². The van der Waals surface area contributed by atoms with Crippen LogP contribution in [0.1, 0.15) is 28.4 Å². The van der Waals surface area contributed by atoms with Gasteiger partial charge in [-0.3, -0.25) is 19.5 Å². The molecule has 1 aliphatic rings. The highest BCUT2D eigenvalue weighted by Gasteiger charge is 2.48. The van der Waals surface area contributed by atoms with Gasteiger partial charge in [0.1, 0.15) is 17.6 Å². The first-order valence-corrected chi connectivity index (χ1v) is 9.86. The molecule has 1 unspecified atom stereocenters. The van der Waals surface area contributed by atoms with E-state index in [4.69, 9.17) is 4.74 Å². The van der Waals surface area contributed by atoms with Crippen LogP contribution in [-0.4, -0.2) is 28.9 Å². The summed E-state index contributed by atoms with van der Waals surface area (Å²) in [5.41, 5.74) is 3.20. The van der Waals surface area contributed by atoms with Crippen molar-refractivity contribution in [3.8, 4) is 5.75 Å². The summed E-state index contributed by atoms with van der Waals surface area (Å²) in [5.74, 6) is -1.36. The number of para-hydroxylation sites is 1. The molecule has 6 nitrogen and oxygen atoms in total. The number of aromatic nitrogens is 1. The first-order valence-electron chi connectivity index (χ1n) is 9.86. The van der Waals surface area contributed by atoms with Gasteiger partial charge >= 0.3 is 0 Å². The van der Waals surface area contributed by atoms with Crippen molar-refractivity contribution < 1.29 is 19.4 Å². The summed E-state index contributed by atoms with van der Waals surface area (Å²) in [4.78, 5) is 32.3. The van der Waals surface area contributed by atoms with Crippen LogP contribution in [-0.2, 0) is 9.59 Å². The maximum absolute atomic E-state index is 13.2. The summed E-state index contributed by atoms with van der Waals surface area (Å²) in [6.45, 7) is 3.80. The molecule has 156 valence electrons. The van der Waals surface area contributed by atoms with Gasteiger partial charge < -0.3 is 9.84 Å². The number of pyridine rings is 1. The largest absolute Gasteiger partial charge is 0.507 e. The topological polar surface area (TPSA) is 79.7 Å². The zero-order valence-electron chi connectivity index (χ0n) is 17.5. The zero-order valence-corrected chi connectivity index (χ0v) is 17.5. The van der Waals surface area contributed by atoms with E-state index in [1.165, 1.54) is 12.0 Å². The van der Waals surface area contributed by atoms with Crippen molar-refractivity contribution in [3.63, 3.8) is 0 Å². The molecule has 0 spiro atoms. The predicted octanol–water partition coefficient (Wildman–Crippen LogP) is 4.33. The van der Waals surface area contributed by atoms with Crippen LogP contribution in [0.2, 0.25) is 0 Å². The number of benzene rings is 2. The second-order valence-corrected chi connectivity index (χ2v) is 7.41. The lowest BCUT2D eigenvalue weighted by Crippen LogP contribution is -2.30. The van der Waals surface area contributed by atoms with Crippen LogP contribution >= 0.6 is 0 Å². The van der Waals surface area contributed by atoms with Gasteiger partial charge in [0.2, 0.25) is 0 Å². The number of amides is 1. The summed E-state index contributed by atoms with van der Waals surface area (Å²) >= 11 is 0. The number of ether oxygens (including phenoxy) is 1. The van der Waals surface area contributed by atoms with E-state index in [0.29, 0.717) is 22.7 Å². The van der Waals surface area contributed by atoms with Gasteiger partial charge in [0.25, 0.3) is 11.7 Å². The van der Waals surface area contributed by atoms with E-state index in [1.54, 1.807) is 48.7 Å². The Balaban J connectivity index is 2.00. The third kappa shape index (κ3) is 3.46. The molecule has 0 bridgehead atoms. The van der Waals surface area contributed by atoms with Crippen LogP contribution in [0, 0.1) is 13.8 Å². The van der Waals surface area contributed by atoms with Crippen LogP contribution in [0.5, 0.6) is 5.75 Å². The highest BCUT2D eigenvalue weighted by molar-refractivity contribution is 6.51. The number of hydrogen-bond donors (Lipinski definition) is 1. The first kappa shape index (κ1) is 20.3. The van der Waals surface area contributed by atoms with Gasteiger partial charge in [0.15, 0.2) is 0 Å². The Bertz CT molecular complexity index is 1200. The smallest absolute Gasteiger partial charge is 0.300 e. The second-order valence-electron chi connectivity index (χ2n) is 7.41. The fraction of sp³-hybridized carbons (Fsp3) is 0.160. The third-order valence-electron chi connectivity index (χ3n) is 5.40. The van der Waals surface area contributed by atoms with Gasteiger partial charge in [-0.1, -0.05) is 30.3 Å². The van der Waals surface area contributed by atoms with Crippen molar-refractivity contribution in [1.82, 2.24) is 4.98 Å². The number of nitrogens with zero attached hydrogens (tertiary/aromatic N) is 2. The normalized spacial score (nSPS) is 17.8. The van der Waals surface area contributed by atoms with Crippen molar-refractivity contribution in [3.05, 3.63) is 94.8 Å². The Morgan fingerprint density at radius 1 is 1.03 bits per heavy atom. The van der Waals surface area contributed by atoms with E-state index >= 15 is 0 Å². The number of aryl methyl sites for hydroxylation is 2. The molecule has 1 N–H and O–H groups in total. The summed E-state index contributed by atoms with van der Waals surface area (Å²) in [6, 6.07) is 17.0. The second kappa shape index (κ2) is 8.07. The van der Waals surface area contributed by atoms with Crippen molar-refractivity contribution in [2.24, 2.45) is 0 Å². The van der Waals surface area contributed by atoms with E-state index in [2.05, 4.69) is 4.98 Å². The minimum atomic E-state index is -0.869. The lowest BCUT2D eigenvalue weighted by molar-refractivity contribution is -0.132. The standard InChI is InChI=1S/C25H22N2O4/c1-15-11-12-16(2)19(14-15)27-22(18-9-6-7-13-26-18)21(24(29)25(27)30)23(28)17-8-4-5-10-20(17)31-3/h4-14,22,28H,1-3H3/b23-21+. The number of hydrogen-bond acceptors (Lipinski definition) is 5. The Kier molecular flexibility index (Phi) is 5.29. The van der Waals surface area contributed by atoms with Crippen LogP contribution in [0.3, 0.4) is 0 Å². The number of rotatable bonds is 4. The van der Waals surface area contributed by atoms with Crippen LogP contribution < -0.4 is 9.64 Å².